The van der Waals surface area contributed by atoms with Crippen molar-refractivity contribution in [3.8, 4) is 11.1 Å². The van der Waals surface area contributed by atoms with E-state index in [2.05, 4.69) is 45.7 Å². The summed E-state index contributed by atoms with van der Waals surface area (Å²) in [4.78, 5) is 13.9. The lowest BCUT2D eigenvalue weighted by Crippen LogP contribution is -2.49. The molecule has 1 aliphatic rings. The third-order valence-electron chi connectivity index (χ3n) is 4.07. The molecule has 4 nitrogen and oxygen atoms in total. The van der Waals surface area contributed by atoms with Crippen LogP contribution in [0.2, 0.25) is 0 Å². The van der Waals surface area contributed by atoms with Crippen molar-refractivity contribution in [2.24, 2.45) is 0 Å². The van der Waals surface area contributed by atoms with Crippen molar-refractivity contribution in [3.05, 3.63) is 42.7 Å². The third kappa shape index (κ3) is 3.22. The standard InChI is InChI=1S/C17H22N4/c1-14(2)20-8-10-21(11-9-20)17-18-12-16(13-19-17)15-6-4-3-5-7-15/h3-7,12-14H,8-11H2,1-2H3. The van der Waals surface area contributed by atoms with Crippen molar-refractivity contribution in [2.75, 3.05) is 31.1 Å². The molecule has 1 fully saturated rings. The number of piperazine rings is 1. The molecule has 4 heteroatoms. The van der Waals surface area contributed by atoms with E-state index in [1.54, 1.807) is 0 Å². The maximum Gasteiger partial charge on any atom is 0.225 e. The molecule has 0 unspecified atom stereocenters. The molecule has 0 atom stereocenters. The molecule has 0 radical (unpaired) electrons. The van der Waals surface area contributed by atoms with Gasteiger partial charge in [-0.3, -0.25) is 4.90 Å². The van der Waals surface area contributed by atoms with Gasteiger partial charge in [0.1, 0.15) is 0 Å². The molecule has 1 aromatic heterocycles. The number of anilines is 1. The fraction of sp³-hybridized carbons (Fsp3) is 0.412. The van der Waals surface area contributed by atoms with Crippen LogP contribution >= 0.6 is 0 Å². The first-order valence-corrected chi connectivity index (χ1v) is 7.60. The quantitative estimate of drug-likeness (QED) is 0.866. The van der Waals surface area contributed by atoms with Crippen molar-refractivity contribution in [2.45, 2.75) is 19.9 Å². The summed E-state index contributed by atoms with van der Waals surface area (Å²) < 4.78 is 0. The summed E-state index contributed by atoms with van der Waals surface area (Å²) in [6, 6.07) is 10.9. The number of nitrogens with zero attached hydrogens (tertiary/aromatic N) is 4. The smallest absolute Gasteiger partial charge is 0.225 e. The molecule has 3 rings (SSSR count). The van der Waals surface area contributed by atoms with Gasteiger partial charge in [-0.1, -0.05) is 30.3 Å². The molecule has 1 aromatic carbocycles. The summed E-state index contributed by atoms with van der Waals surface area (Å²) in [5.41, 5.74) is 2.23. The fourth-order valence-corrected chi connectivity index (χ4v) is 2.70. The molecule has 0 saturated carbocycles. The monoisotopic (exact) mass is 282 g/mol. The Bertz CT molecular complexity index is 557. The highest BCUT2D eigenvalue weighted by Crippen LogP contribution is 2.19. The van der Waals surface area contributed by atoms with E-state index < -0.39 is 0 Å². The van der Waals surface area contributed by atoms with Gasteiger partial charge in [0.05, 0.1) is 0 Å². The van der Waals surface area contributed by atoms with E-state index in [0.717, 1.165) is 43.3 Å². The normalized spacial score (nSPS) is 16.4. The van der Waals surface area contributed by atoms with Gasteiger partial charge in [0.2, 0.25) is 5.95 Å². The number of aromatic nitrogens is 2. The summed E-state index contributed by atoms with van der Waals surface area (Å²) in [6.45, 7) is 8.68. The van der Waals surface area contributed by atoms with E-state index in [1.165, 1.54) is 0 Å². The van der Waals surface area contributed by atoms with Crippen LogP contribution in [0.5, 0.6) is 0 Å². The average molecular weight is 282 g/mol. The van der Waals surface area contributed by atoms with E-state index in [1.807, 2.05) is 30.6 Å². The minimum atomic E-state index is 0.619. The molecule has 0 spiro atoms. The highest BCUT2D eigenvalue weighted by Gasteiger charge is 2.20. The molecule has 0 amide bonds. The second-order valence-corrected chi connectivity index (χ2v) is 5.75. The first-order valence-electron chi connectivity index (χ1n) is 7.60. The Morgan fingerprint density at radius 3 is 2.05 bits per heavy atom. The molecular weight excluding hydrogens is 260 g/mol. The summed E-state index contributed by atoms with van der Waals surface area (Å²) in [5.74, 6) is 0.845. The Hall–Kier alpha value is -1.94. The fourth-order valence-electron chi connectivity index (χ4n) is 2.70. The summed E-state index contributed by atoms with van der Waals surface area (Å²) in [5, 5.41) is 0. The molecule has 21 heavy (non-hydrogen) atoms. The zero-order chi connectivity index (χ0) is 14.7. The van der Waals surface area contributed by atoms with Crippen LogP contribution in [-0.4, -0.2) is 47.1 Å². The Labute approximate surface area is 126 Å². The molecular formula is C17H22N4. The number of hydrogen-bond donors (Lipinski definition) is 0. The SMILES string of the molecule is CC(C)N1CCN(c2ncc(-c3ccccc3)cn2)CC1. The van der Waals surface area contributed by atoms with Crippen LogP contribution in [0.25, 0.3) is 11.1 Å². The molecule has 2 heterocycles. The van der Waals surface area contributed by atoms with Gasteiger partial charge in [-0.25, -0.2) is 9.97 Å². The Morgan fingerprint density at radius 1 is 0.857 bits per heavy atom. The zero-order valence-electron chi connectivity index (χ0n) is 12.7. The average Bonchev–Trinajstić information content (AvgIpc) is 2.56. The maximum absolute atomic E-state index is 4.54. The number of hydrogen-bond acceptors (Lipinski definition) is 4. The highest BCUT2D eigenvalue weighted by molar-refractivity contribution is 5.61. The van der Waals surface area contributed by atoms with Crippen molar-refractivity contribution in [1.82, 2.24) is 14.9 Å². The van der Waals surface area contributed by atoms with E-state index in [4.69, 9.17) is 0 Å². The molecule has 2 aromatic rings. The van der Waals surface area contributed by atoms with Crippen molar-refractivity contribution < 1.29 is 0 Å². The van der Waals surface area contributed by atoms with Gasteiger partial charge in [0.15, 0.2) is 0 Å². The van der Waals surface area contributed by atoms with Crippen LogP contribution in [0, 0.1) is 0 Å². The Kier molecular flexibility index (Phi) is 4.15. The van der Waals surface area contributed by atoms with Crippen LogP contribution in [0.3, 0.4) is 0 Å². The van der Waals surface area contributed by atoms with E-state index >= 15 is 0 Å². The molecule has 0 aliphatic carbocycles. The van der Waals surface area contributed by atoms with Gasteiger partial charge in [-0.15, -0.1) is 0 Å². The van der Waals surface area contributed by atoms with Crippen molar-refractivity contribution in [1.29, 1.82) is 0 Å². The summed E-state index contributed by atoms with van der Waals surface area (Å²) in [7, 11) is 0. The number of benzene rings is 1. The van der Waals surface area contributed by atoms with Crippen LogP contribution < -0.4 is 4.90 Å². The second kappa shape index (κ2) is 6.22. The van der Waals surface area contributed by atoms with E-state index in [0.29, 0.717) is 6.04 Å². The predicted molar refractivity (Wildman–Crippen MR) is 86.4 cm³/mol. The van der Waals surface area contributed by atoms with Crippen LogP contribution in [0.4, 0.5) is 5.95 Å². The molecule has 0 bridgehead atoms. The maximum atomic E-state index is 4.54. The summed E-state index contributed by atoms with van der Waals surface area (Å²) >= 11 is 0. The minimum Gasteiger partial charge on any atom is -0.338 e. The van der Waals surface area contributed by atoms with Gasteiger partial charge in [-0.2, -0.15) is 0 Å². The largest absolute Gasteiger partial charge is 0.338 e. The lowest BCUT2D eigenvalue weighted by atomic mass is 10.1. The number of rotatable bonds is 3. The Balaban J connectivity index is 1.68. The second-order valence-electron chi connectivity index (χ2n) is 5.75. The topological polar surface area (TPSA) is 32.3 Å². The molecule has 1 saturated heterocycles. The molecule has 110 valence electrons. The Morgan fingerprint density at radius 2 is 1.48 bits per heavy atom. The van der Waals surface area contributed by atoms with Gasteiger partial charge in [0.25, 0.3) is 0 Å². The van der Waals surface area contributed by atoms with Crippen molar-refractivity contribution >= 4 is 5.95 Å². The first kappa shape index (κ1) is 14.0. The highest BCUT2D eigenvalue weighted by atomic mass is 15.3. The van der Waals surface area contributed by atoms with Gasteiger partial charge < -0.3 is 4.90 Å². The van der Waals surface area contributed by atoms with Crippen molar-refractivity contribution in [3.63, 3.8) is 0 Å². The molecule has 0 N–H and O–H groups in total. The lowest BCUT2D eigenvalue weighted by molar-refractivity contribution is 0.208. The first-order chi connectivity index (χ1) is 10.2. The minimum absolute atomic E-state index is 0.619. The summed E-state index contributed by atoms with van der Waals surface area (Å²) in [6.07, 6.45) is 3.85. The lowest BCUT2D eigenvalue weighted by Gasteiger charge is -2.36. The van der Waals surface area contributed by atoms with Gasteiger partial charge in [0, 0.05) is 50.2 Å². The predicted octanol–water partition coefficient (Wildman–Crippen LogP) is 2.67. The van der Waals surface area contributed by atoms with Gasteiger partial charge in [-0.05, 0) is 19.4 Å². The molecule has 1 aliphatic heterocycles. The third-order valence-corrected chi connectivity index (χ3v) is 4.07. The van der Waals surface area contributed by atoms with Crippen LogP contribution in [-0.2, 0) is 0 Å². The van der Waals surface area contributed by atoms with Gasteiger partial charge >= 0.3 is 0 Å². The zero-order valence-corrected chi connectivity index (χ0v) is 12.7. The van der Waals surface area contributed by atoms with Crippen LogP contribution in [0.1, 0.15) is 13.8 Å². The van der Waals surface area contributed by atoms with Crippen LogP contribution in [0.15, 0.2) is 42.7 Å². The van der Waals surface area contributed by atoms with E-state index in [-0.39, 0.29) is 0 Å². The van der Waals surface area contributed by atoms with E-state index in [9.17, 15) is 0 Å².